The van der Waals surface area contributed by atoms with Gasteiger partial charge >= 0.3 is 0 Å². The maximum Gasteiger partial charge on any atom is 0.270 e. The van der Waals surface area contributed by atoms with Crippen LogP contribution in [0.3, 0.4) is 0 Å². The molecule has 1 heterocycles. The molecule has 126 valence electrons. The maximum atomic E-state index is 11.2. The van der Waals surface area contributed by atoms with Crippen LogP contribution in [0.15, 0.2) is 42.5 Å². The summed E-state index contributed by atoms with van der Waals surface area (Å²) < 4.78 is 0. The third-order valence-corrected chi connectivity index (χ3v) is 4.79. The van der Waals surface area contributed by atoms with Crippen LogP contribution in [0.4, 0.5) is 17.1 Å². The Labute approximate surface area is 149 Å². The summed E-state index contributed by atoms with van der Waals surface area (Å²) in [5, 5.41) is 16.0. The number of pyridine rings is 1. The summed E-state index contributed by atoms with van der Waals surface area (Å²) in [6.45, 7) is 0. The molecule has 0 radical (unpaired) electrons. The Kier molecular flexibility index (Phi) is 4.01. The van der Waals surface area contributed by atoms with Gasteiger partial charge in [0.25, 0.3) is 5.69 Å². The number of nitrogens with one attached hydrogen (secondary N) is 1. The molecule has 4 rings (SSSR count). The monoisotopic (exact) mass is 353 g/mol. The number of nitro benzene ring substituents is 1. The summed E-state index contributed by atoms with van der Waals surface area (Å²) >= 11 is 6.10. The molecule has 2 aromatic carbocycles. The molecule has 0 saturated carbocycles. The zero-order chi connectivity index (χ0) is 17.4. The molecule has 0 aliphatic heterocycles. The fourth-order valence-electron chi connectivity index (χ4n) is 3.38. The maximum absolute atomic E-state index is 11.2. The molecule has 6 heteroatoms. The van der Waals surface area contributed by atoms with E-state index < -0.39 is 0 Å². The number of anilines is 2. The van der Waals surface area contributed by atoms with Crippen molar-refractivity contribution in [2.45, 2.75) is 25.7 Å². The van der Waals surface area contributed by atoms with Gasteiger partial charge < -0.3 is 5.32 Å². The molecule has 1 N–H and O–H groups in total. The highest BCUT2D eigenvalue weighted by Gasteiger charge is 2.20. The van der Waals surface area contributed by atoms with E-state index in [0.29, 0.717) is 5.02 Å². The fraction of sp³-hybridized carbons (Fsp3) is 0.211. The van der Waals surface area contributed by atoms with Crippen molar-refractivity contribution in [3.8, 4) is 0 Å². The minimum Gasteiger partial charge on any atom is -0.355 e. The Morgan fingerprint density at radius 1 is 1.12 bits per heavy atom. The van der Waals surface area contributed by atoms with Crippen molar-refractivity contribution in [1.82, 2.24) is 4.98 Å². The Bertz CT molecular complexity index is 988. The minimum absolute atomic E-state index is 0.0687. The Hall–Kier alpha value is -2.66. The van der Waals surface area contributed by atoms with Gasteiger partial charge in [-0.05, 0) is 55.5 Å². The summed E-state index contributed by atoms with van der Waals surface area (Å²) in [6, 6.07) is 12.3. The van der Waals surface area contributed by atoms with Crippen LogP contribution in [0.1, 0.15) is 24.1 Å². The minimum atomic E-state index is -0.373. The van der Waals surface area contributed by atoms with Gasteiger partial charge in [0.05, 0.1) is 16.1 Å². The molecule has 25 heavy (non-hydrogen) atoms. The zero-order valence-electron chi connectivity index (χ0n) is 13.5. The van der Waals surface area contributed by atoms with Gasteiger partial charge in [-0.2, -0.15) is 0 Å². The van der Waals surface area contributed by atoms with Crippen molar-refractivity contribution in [3.05, 3.63) is 68.9 Å². The largest absolute Gasteiger partial charge is 0.355 e. The van der Waals surface area contributed by atoms with E-state index in [4.69, 9.17) is 16.6 Å². The number of aryl methyl sites for hydroxylation is 1. The first-order valence-electron chi connectivity index (χ1n) is 8.24. The van der Waals surface area contributed by atoms with E-state index in [1.165, 1.54) is 6.07 Å². The summed E-state index contributed by atoms with van der Waals surface area (Å²) in [7, 11) is 0. The molecule has 3 aromatic rings. The van der Waals surface area contributed by atoms with Crippen molar-refractivity contribution in [2.24, 2.45) is 0 Å². The van der Waals surface area contributed by atoms with Crippen molar-refractivity contribution in [3.63, 3.8) is 0 Å². The molecule has 0 amide bonds. The molecule has 1 aliphatic carbocycles. The van der Waals surface area contributed by atoms with Crippen LogP contribution >= 0.6 is 11.6 Å². The second-order valence-corrected chi connectivity index (χ2v) is 6.65. The van der Waals surface area contributed by atoms with Crippen LogP contribution in [-0.2, 0) is 12.8 Å². The van der Waals surface area contributed by atoms with Crippen LogP contribution < -0.4 is 5.32 Å². The Balaban J connectivity index is 1.94. The number of nitro groups is 1. The van der Waals surface area contributed by atoms with E-state index >= 15 is 0 Å². The Morgan fingerprint density at radius 3 is 2.76 bits per heavy atom. The number of halogens is 1. The van der Waals surface area contributed by atoms with Gasteiger partial charge in [0.2, 0.25) is 0 Å². The predicted molar refractivity (Wildman–Crippen MR) is 99.8 cm³/mol. The molecule has 0 fully saturated rings. The molecule has 0 saturated heterocycles. The molecule has 5 nitrogen and oxygen atoms in total. The van der Waals surface area contributed by atoms with Crippen LogP contribution in [0.25, 0.3) is 10.9 Å². The number of rotatable bonds is 3. The summed E-state index contributed by atoms with van der Waals surface area (Å²) in [6.07, 6.45) is 4.07. The van der Waals surface area contributed by atoms with Crippen molar-refractivity contribution >= 4 is 39.6 Å². The molecule has 0 bridgehead atoms. The van der Waals surface area contributed by atoms with Crippen LogP contribution in [-0.4, -0.2) is 9.91 Å². The molecular formula is C19H16ClN3O2. The molecule has 0 atom stereocenters. The van der Waals surface area contributed by atoms with Gasteiger partial charge in [0, 0.05) is 33.9 Å². The van der Waals surface area contributed by atoms with Gasteiger partial charge in [-0.1, -0.05) is 17.7 Å². The molecular weight excluding hydrogens is 338 g/mol. The summed E-state index contributed by atoms with van der Waals surface area (Å²) in [5.41, 5.74) is 4.84. The van der Waals surface area contributed by atoms with E-state index in [1.54, 1.807) is 12.1 Å². The second kappa shape index (κ2) is 6.33. The van der Waals surface area contributed by atoms with E-state index in [9.17, 15) is 10.1 Å². The highest BCUT2D eigenvalue weighted by Crippen LogP contribution is 2.37. The number of hydrogen-bond acceptors (Lipinski definition) is 4. The van der Waals surface area contributed by atoms with Crippen molar-refractivity contribution in [2.75, 3.05) is 5.32 Å². The lowest BCUT2D eigenvalue weighted by atomic mass is 9.92. The van der Waals surface area contributed by atoms with E-state index in [1.807, 2.05) is 24.3 Å². The van der Waals surface area contributed by atoms with Gasteiger partial charge in [-0.25, -0.2) is 0 Å². The number of non-ortho nitro benzene ring substituents is 1. The second-order valence-electron chi connectivity index (χ2n) is 6.21. The topological polar surface area (TPSA) is 68.1 Å². The van der Waals surface area contributed by atoms with Gasteiger partial charge in [-0.15, -0.1) is 0 Å². The molecule has 0 unspecified atom stereocenters. The lowest BCUT2D eigenvalue weighted by Crippen LogP contribution is -2.09. The lowest BCUT2D eigenvalue weighted by Gasteiger charge is -2.21. The molecule has 0 spiro atoms. The zero-order valence-corrected chi connectivity index (χ0v) is 14.2. The first kappa shape index (κ1) is 15.8. The van der Waals surface area contributed by atoms with E-state index in [0.717, 1.165) is 59.2 Å². The normalized spacial score (nSPS) is 13.5. The summed E-state index contributed by atoms with van der Waals surface area (Å²) in [5.74, 6) is 0. The smallest absolute Gasteiger partial charge is 0.270 e. The van der Waals surface area contributed by atoms with Crippen molar-refractivity contribution in [1.29, 1.82) is 0 Å². The average molecular weight is 354 g/mol. The highest BCUT2D eigenvalue weighted by atomic mass is 35.5. The third kappa shape index (κ3) is 3.03. The van der Waals surface area contributed by atoms with Crippen LogP contribution in [0.5, 0.6) is 0 Å². The SMILES string of the molecule is O=[N+]([O-])c1ccc2nc3c(c(Nc4cccc(Cl)c4)c2c1)CCCC3. The lowest BCUT2D eigenvalue weighted by molar-refractivity contribution is -0.384. The number of fused-ring (bicyclic) bond motifs is 2. The van der Waals surface area contributed by atoms with Crippen LogP contribution in [0.2, 0.25) is 5.02 Å². The third-order valence-electron chi connectivity index (χ3n) is 4.55. The number of nitrogens with zero attached hydrogens (tertiary/aromatic N) is 2. The fourth-order valence-corrected chi connectivity index (χ4v) is 3.57. The van der Waals surface area contributed by atoms with Crippen molar-refractivity contribution < 1.29 is 4.92 Å². The highest BCUT2D eigenvalue weighted by molar-refractivity contribution is 6.30. The first-order valence-corrected chi connectivity index (χ1v) is 8.62. The first-order chi connectivity index (χ1) is 12.1. The molecule has 1 aliphatic rings. The van der Waals surface area contributed by atoms with Crippen LogP contribution in [0, 0.1) is 10.1 Å². The quantitative estimate of drug-likeness (QED) is 0.504. The number of hydrogen-bond donors (Lipinski definition) is 1. The van der Waals surface area contributed by atoms with Gasteiger partial charge in [0.1, 0.15) is 0 Å². The van der Waals surface area contributed by atoms with E-state index in [2.05, 4.69) is 5.32 Å². The summed E-state index contributed by atoms with van der Waals surface area (Å²) in [4.78, 5) is 15.6. The van der Waals surface area contributed by atoms with Gasteiger partial charge in [-0.3, -0.25) is 15.1 Å². The van der Waals surface area contributed by atoms with E-state index in [-0.39, 0.29) is 10.6 Å². The number of aromatic nitrogens is 1. The molecule has 1 aromatic heterocycles. The average Bonchev–Trinajstić information content (AvgIpc) is 2.61. The predicted octanol–water partition coefficient (Wildman–Crippen LogP) is 5.42. The van der Waals surface area contributed by atoms with Gasteiger partial charge in [0.15, 0.2) is 0 Å². The standard InChI is InChI=1S/C19H16ClN3O2/c20-12-4-3-5-13(10-12)21-19-15-6-1-2-7-17(15)22-18-9-8-14(23(24)25)11-16(18)19/h3-5,8-11H,1-2,6-7H2,(H,21,22). The number of benzene rings is 2. The Morgan fingerprint density at radius 2 is 1.96 bits per heavy atom.